The molecule has 0 fully saturated rings. The molecule has 0 saturated heterocycles. The van der Waals surface area contributed by atoms with Crippen LogP contribution in [0.4, 0.5) is 0 Å². The molecule has 1 unspecified atom stereocenters. The van der Waals surface area contributed by atoms with Crippen molar-refractivity contribution >= 4 is 19.8 Å². The van der Waals surface area contributed by atoms with E-state index in [2.05, 4.69) is 30.5 Å². The first-order valence-electron chi connectivity index (χ1n) is 19.1. The largest absolute Gasteiger partial charge is 0.472 e. The predicted molar refractivity (Wildman–Crippen MR) is 192 cm³/mol. The van der Waals surface area contributed by atoms with Crippen molar-refractivity contribution in [3.8, 4) is 0 Å². The highest BCUT2D eigenvalue weighted by Gasteiger charge is 2.27. The third-order valence-electron chi connectivity index (χ3n) is 8.17. The quantitative estimate of drug-likeness (QED) is 0.0249. The molecule has 0 amide bonds. The molecule has 0 aromatic heterocycles. The van der Waals surface area contributed by atoms with Gasteiger partial charge in [0.05, 0.1) is 19.8 Å². The van der Waals surface area contributed by atoms with Crippen molar-refractivity contribution in [2.45, 2.75) is 187 Å². The molecular formula is C37H71O10P. The molecule has 0 rings (SSSR count). The van der Waals surface area contributed by atoms with Crippen molar-refractivity contribution in [2.24, 2.45) is 0 Å². The average Bonchev–Trinajstić information content (AvgIpc) is 3.07. The third kappa shape index (κ3) is 33.2. The Hall–Kier alpha value is -1.29. The van der Waals surface area contributed by atoms with E-state index in [-0.39, 0.29) is 19.4 Å². The van der Waals surface area contributed by atoms with E-state index >= 15 is 0 Å². The lowest BCUT2D eigenvalue weighted by atomic mass is 10.0. The highest BCUT2D eigenvalue weighted by atomic mass is 31.2. The number of aliphatic hydroxyl groups is 2. The summed E-state index contributed by atoms with van der Waals surface area (Å²) in [6.45, 7) is 2.34. The molecule has 0 aliphatic carbocycles. The summed E-state index contributed by atoms with van der Waals surface area (Å²) < 4.78 is 32.5. The maximum Gasteiger partial charge on any atom is 0.472 e. The standard InChI is InChI=1S/C37H71O10P/c1-3-5-7-9-11-13-15-17-19-20-22-24-26-28-36(40)44-32-35(33-46-48(42,43)45-31-34(39)30-38)47-37(41)29-27-25-23-21-18-16-14-12-10-8-6-4-2/h12,14,34-35,38-39H,3-11,13,15-33H2,1-2H3,(H,42,43)/b14-12+/t34-,35+/m0/s1. The van der Waals surface area contributed by atoms with Crippen molar-refractivity contribution < 1.29 is 47.8 Å². The SMILES string of the molecule is CCCCC/C=C/CCCCCCCC(=O)O[C@H](COC(=O)CCCCCCCCCCCCCCC)COP(=O)(O)OC[C@@H](O)CO. The summed E-state index contributed by atoms with van der Waals surface area (Å²) in [5.41, 5.74) is 0. The van der Waals surface area contributed by atoms with Crippen molar-refractivity contribution in [2.75, 3.05) is 26.4 Å². The normalized spacial score (nSPS) is 14.2. The first-order valence-corrected chi connectivity index (χ1v) is 20.6. The van der Waals surface area contributed by atoms with Crippen LogP contribution in [-0.2, 0) is 32.7 Å². The predicted octanol–water partition coefficient (Wildman–Crippen LogP) is 9.28. The number of ether oxygens (including phenoxy) is 2. The number of hydrogen-bond donors (Lipinski definition) is 3. The number of aliphatic hydroxyl groups excluding tert-OH is 2. The molecule has 0 aliphatic heterocycles. The van der Waals surface area contributed by atoms with Crippen LogP contribution in [-0.4, -0.2) is 65.7 Å². The van der Waals surface area contributed by atoms with E-state index in [1.54, 1.807) is 0 Å². The molecule has 0 aliphatic rings. The Bertz CT molecular complexity index is 822. The van der Waals surface area contributed by atoms with Crippen LogP contribution in [0.1, 0.15) is 174 Å². The van der Waals surface area contributed by atoms with E-state index in [0.29, 0.717) is 12.8 Å². The zero-order chi connectivity index (χ0) is 35.6. The zero-order valence-corrected chi connectivity index (χ0v) is 31.4. The second-order valence-corrected chi connectivity index (χ2v) is 14.4. The van der Waals surface area contributed by atoms with Gasteiger partial charge in [-0.05, 0) is 38.5 Å². The number of rotatable bonds is 36. The Morgan fingerprint density at radius 1 is 0.604 bits per heavy atom. The van der Waals surface area contributed by atoms with Gasteiger partial charge in [0.1, 0.15) is 12.7 Å². The number of unbranched alkanes of at least 4 members (excludes halogenated alkanes) is 20. The second kappa shape index (κ2) is 34.2. The van der Waals surface area contributed by atoms with Gasteiger partial charge in [0.15, 0.2) is 6.10 Å². The number of allylic oxidation sites excluding steroid dienone is 2. The van der Waals surface area contributed by atoms with Gasteiger partial charge < -0.3 is 24.6 Å². The van der Waals surface area contributed by atoms with Crippen molar-refractivity contribution in [3.05, 3.63) is 12.2 Å². The topological polar surface area (TPSA) is 149 Å². The number of esters is 2. The number of hydrogen-bond acceptors (Lipinski definition) is 9. The number of phosphoric ester groups is 1. The van der Waals surface area contributed by atoms with Crippen LogP contribution in [0.2, 0.25) is 0 Å². The number of carbonyl (C=O) groups is 2. The van der Waals surface area contributed by atoms with Crippen LogP contribution < -0.4 is 0 Å². The Labute approximate surface area is 292 Å². The lowest BCUT2D eigenvalue weighted by Gasteiger charge is -2.20. The van der Waals surface area contributed by atoms with Gasteiger partial charge >= 0.3 is 19.8 Å². The molecule has 0 heterocycles. The summed E-state index contributed by atoms with van der Waals surface area (Å²) in [6, 6.07) is 0. The minimum absolute atomic E-state index is 0.177. The van der Waals surface area contributed by atoms with Gasteiger partial charge in [-0.25, -0.2) is 4.57 Å². The van der Waals surface area contributed by atoms with Crippen LogP contribution >= 0.6 is 7.82 Å². The lowest BCUT2D eigenvalue weighted by molar-refractivity contribution is -0.161. The maximum absolute atomic E-state index is 12.5. The summed E-state index contributed by atoms with van der Waals surface area (Å²) in [5, 5.41) is 18.3. The molecule has 0 radical (unpaired) electrons. The molecule has 0 aromatic carbocycles. The minimum Gasteiger partial charge on any atom is -0.462 e. The first kappa shape index (κ1) is 46.7. The van der Waals surface area contributed by atoms with Gasteiger partial charge in [-0.15, -0.1) is 0 Å². The molecule has 48 heavy (non-hydrogen) atoms. The number of carbonyl (C=O) groups excluding carboxylic acids is 2. The zero-order valence-electron chi connectivity index (χ0n) is 30.5. The molecule has 10 nitrogen and oxygen atoms in total. The summed E-state index contributed by atoms with van der Waals surface area (Å²) in [6.07, 6.45) is 28.9. The Morgan fingerprint density at radius 2 is 1.02 bits per heavy atom. The highest BCUT2D eigenvalue weighted by Crippen LogP contribution is 2.43. The molecule has 11 heteroatoms. The summed E-state index contributed by atoms with van der Waals surface area (Å²) in [5.74, 6) is -0.931. The van der Waals surface area contributed by atoms with Crippen LogP contribution in [0.5, 0.6) is 0 Å². The maximum atomic E-state index is 12.5. The molecule has 0 aromatic rings. The average molecular weight is 707 g/mol. The fourth-order valence-corrected chi connectivity index (χ4v) is 5.95. The Kier molecular flexibility index (Phi) is 33.3. The minimum atomic E-state index is -4.61. The lowest BCUT2D eigenvalue weighted by Crippen LogP contribution is -2.29. The summed E-state index contributed by atoms with van der Waals surface area (Å²) >= 11 is 0. The van der Waals surface area contributed by atoms with E-state index in [9.17, 15) is 24.2 Å². The molecular weight excluding hydrogens is 635 g/mol. The summed E-state index contributed by atoms with van der Waals surface area (Å²) in [4.78, 5) is 34.8. The van der Waals surface area contributed by atoms with Gasteiger partial charge in [-0.1, -0.05) is 135 Å². The first-order chi connectivity index (χ1) is 23.2. The molecule has 0 spiro atoms. The summed E-state index contributed by atoms with van der Waals surface area (Å²) in [7, 11) is -4.61. The smallest absolute Gasteiger partial charge is 0.462 e. The fourth-order valence-electron chi connectivity index (χ4n) is 5.16. The molecule has 3 N–H and O–H groups in total. The van der Waals surface area contributed by atoms with Gasteiger partial charge in [0, 0.05) is 12.8 Å². The highest BCUT2D eigenvalue weighted by molar-refractivity contribution is 7.47. The van der Waals surface area contributed by atoms with Crippen molar-refractivity contribution in [3.63, 3.8) is 0 Å². The van der Waals surface area contributed by atoms with Crippen LogP contribution in [0.15, 0.2) is 12.2 Å². The van der Waals surface area contributed by atoms with E-state index in [1.165, 1.54) is 77.0 Å². The monoisotopic (exact) mass is 706 g/mol. The number of phosphoric acid groups is 1. The van der Waals surface area contributed by atoms with Gasteiger partial charge in [-0.3, -0.25) is 18.6 Å². The van der Waals surface area contributed by atoms with E-state index in [1.807, 2.05) is 0 Å². The molecule has 284 valence electrons. The second-order valence-electron chi connectivity index (χ2n) is 13.0. The van der Waals surface area contributed by atoms with E-state index in [0.717, 1.165) is 57.8 Å². The third-order valence-corrected chi connectivity index (χ3v) is 9.12. The molecule has 3 atom stereocenters. The van der Waals surface area contributed by atoms with Crippen LogP contribution in [0.3, 0.4) is 0 Å². The van der Waals surface area contributed by atoms with E-state index < -0.39 is 51.8 Å². The van der Waals surface area contributed by atoms with Crippen molar-refractivity contribution in [1.82, 2.24) is 0 Å². The Balaban J connectivity index is 4.36. The Morgan fingerprint density at radius 3 is 1.54 bits per heavy atom. The van der Waals surface area contributed by atoms with E-state index in [4.69, 9.17) is 19.1 Å². The van der Waals surface area contributed by atoms with Crippen LogP contribution in [0.25, 0.3) is 0 Å². The van der Waals surface area contributed by atoms with Gasteiger partial charge in [-0.2, -0.15) is 0 Å². The fraction of sp³-hybridized carbons (Fsp3) is 0.892. The van der Waals surface area contributed by atoms with Crippen molar-refractivity contribution in [1.29, 1.82) is 0 Å². The van der Waals surface area contributed by atoms with Gasteiger partial charge in [0.2, 0.25) is 0 Å². The molecule has 0 saturated carbocycles. The van der Waals surface area contributed by atoms with Gasteiger partial charge in [0.25, 0.3) is 0 Å². The van der Waals surface area contributed by atoms with Crippen LogP contribution in [0, 0.1) is 0 Å². The molecule has 0 bridgehead atoms.